The molecule has 0 aromatic carbocycles. The Bertz CT molecular complexity index is 171. The van der Waals surface area contributed by atoms with Crippen LogP contribution in [0.25, 0.3) is 0 Å². The summed E-state index contributed by atoms with van der Waals surface area (Å²) in [4.78, 5) is 12.5. The third-order valence-corrected chi connectivity index (χ3v) is 2.47. The predicted octanol–water partition coefficient (Wildman–Crippen LogP) is -0.472. The molecular formula is C7H13NO3. The highest BCUT2D eigenvalue weighted by molar-refractivity contribution is 5.79. The lowest BCUT2D eigenvalue weighted by molar-refractivity contribution is -0.151. The van der Waals surface area contributed by atoms with E-state index in [1.165, 1.54) is 0 Å². The average Bonchev–Trinajstić information content (AvgIpc) is 2.32. The molecule has 4 nitrogen and oxygen atoms in total. The Kier molecular flexibility index (Phi) is 2.15. The number of likely N-dealkylation sites (tertiary alicyclic amines) is 1. The van der Waals surface area contributed by atoms with Gasteiger partial charge in [-0.15, -0.1) is 0 Å². The van der Waals surface area contributed by atoms with Crippen LogP contribution in [0.4, 0.5) is 0 Å². The van der Waals surface area contributed by atoms with Crippen molar-refractivity contribution in [1.82, 2.24) is 4.90 Å². The molecule has 4 heteroatoms. The SMILES string of the molecule is CN1CCCC1(CO)C(=O)O. The first-order valence-electron chi connectivity index (χ1n) is 3.69. The minimum atomic E-state index is -1.00. The van der Waals surface area contributed by atoms with E-state index >= 15 is 0 Å². The minimum absolute atomic E-state index is 0.293. The molecule has 1 aliphatic heterocycles. The van der Waals surface area contributed by atoms with Gasteiger partial charge in [-0.25, -0.2) is 0 Å². The molecule has 0 spiro atoms. The number of carbonyl (C=O) groups is 1. The van der Waals surface area contributed by atoms with Crippen molar-refractivity contribution in [3.8, 4) is 0 Å². The third-order valence-electron chi connectivity index (χ3n) is 2.47. The number of hydrogen-bond donors (Lipinski definition) is 2. The number of hydrogen-bond acceptors (Lipinski definition) is 3. The highest BCUT2D eigenvalue weighted by Crippen LogP contribution is 2.27. The van der Waals surface area contributed by atoms with E-state index in [0.29, 0.717) is 6.42 Å². The number of aliphatic carboxylic acids is 1. The van der Waals surface area contributed by atoms with Crippen molar-refractivity contribution in [2.45, 2.75) is 18.4 Å². The molecular weight excluding hydrogens is 146 g/mol. The Morgan fingerprint density at radius 2 is 2.36 bits per heavy atom. The van der Waals surface area contributed by atoms with Gasteiger partial charge >= 0.3 is 5.97 Å². The van der Waals surface area contributed by atoms with Crippen LogP contribution in [0.2, 0.25) is 0 Å². The van der Waals surface area contributed by atoms with E-state index in [4.69, 9.17) is 10.2 Å². The molecule has 1 aliphatic rings. The molecule has 0 radical (unpaired) electrons. The second-order valence-corrected chi connectivity index (χ2v) is 3.02. The van der Waals surface area contributed by atoms with E-state index in [2.05, 4.69) is 0 Å². The number of carboxylic acid groups (broad SMARTS) is 1. The van der Waals surface area contributed by atoms with Crippen LogP contribution in [0, 0.1) is 0 Å². The van der Waals surface area contributed by atoms with E-state index in [0.717, 1.165) is 13.0 Å². The monoisotopic (exact) mass is 159 g/mol. The minimum Gasteiger partial charge on any atom is -0.480 e. The summed E-state index contributed by atoms with van der Waals surface area (Å²) < 4.78 is 0. The summed E-state index contributed by atoms with van der Waals surface area (Å²) in [7, 11) is 1.73. The smallest absolute Gasteiger partial charge is 0.326 e. The molecule has 2 N–H and O–H groups in total. The first-order chi connectivity index (χ1) is 5.13. The van der Waals surface area contributed by atoms with Crippen molar-refractivity contribution in [2.75, 3.05) is 20.2 Å². The zero-order valence-electron chi connectivity index (χ0n) is 6.58. The van der Waals surface area contributed by atoms with Crippen molar-refractivity contribution in [1.29, 1.82) is 0 Å². The largest absolute Gasteiger partial charge is 0.480 e. The second kappa shape index (κ2) is 2.79. The van der Waals surface area contributed by atoms with Crippen LogP contribution in [0.5, 0.6) is 0 Å². The van der Waals surface area contributed by atoms with Crippen LogP contribution < -0.4 is 0 Å². The summed E-state index contributed by atoms with van der Waals surface area (Å²) in [6.45, 7) is 0.464. The van der Waals surface area contributed by atoms with Gasteiger partial charge in [0.15, 0.2) is 0 Å². The van der Waals surface area contributed by atoms with Crippen molar-refractivity contribution in [3.05, 3.63) is 0 Å². The molecule has 1 atom stereocenters. The Balaban J connectivity index is 2.82. The van der Waals surface area contributed by atoms with Crippen LogP contribution in [-0.2, 0) is 4.79 Å². The fourth-order valence-corrected chi connectivity index (χ4v) is 1.55. The number of likely N-dealkylation sites (N-methyl/N-ethyl adjacent to an activating group) is 1. The first kappa shape index (κ1) is 8.49. The summed E-state index contributed by atoms with van der Waals surface area (Å²) in [5.74, 6) is -0.917. The first-order valence-corrected chi connectivity index (χ1v) is 3.69. The van der Waals surface area contributed by atoms with Gasteiger partial charge in [0.25, 0.3) is 0 Å². The molecule has 0 aliphatic carbocycles. The van der Waals surface area contributed by atoms with E-state index in [1.807, 2.05) is 0 Å². The topological polar surface area (TPSA) is 60.8 Å². The molecule has 0 bridgehead atoms. The molecule has 11 heavy (non-hydrogen) atoms. The van der Waals surface area contributed by atoms with Crippen molar-refractivity contribution in [3.63, 3.8) is 0 Å². The summed E-state index contributed by atoms with van der Waals surface area (Å²) >= 11 is 0. The molecule has 1 unspecified atom stereocenters. The molecule has 0 saturated carbocycles. The molecule has 1 saturated heterocycles. The maximum atomic E-state index is 10.8. The van der Waals surface area contributed by atoms with Crippen LogP contribution in [0.15, 0.2) is 0 Å². The summed E-state index contributed by atoms with van der Waals surface area (Å²) in [5, 5.41) is 17.8. The lowest BCUT2D eigenvalue weighted by Gasteiger charge is -2.29. The van der Waals surface area contributed by atoms with Crippen LogP contribution in [0.1, 0.15) is 12.8 Å². The van der Waals surface area contributed by atoms with Crippen molar-refractivity contribution >= 4 is 5.97 Å². The van der Waals surface area contributed by atoms with Crippen LogP contribution in [0.3, 0.4) is 0 Å². The van der Waals surface area contributed by atoms with E-state index in [1.54, 1.807) is 11.9 Å². The molecule has 0 aromatic heterocycles. The van der Waals surface area contributed by atoms with Crippen molar-refractivity contribution in [2.24, 2.45) is 0 Å². The number of aliphatic hydroxyl groups is 1. The van der Waals surface area contributed by atoms with Crippen LogP contribution in [-0.4, -0.2) is 46.8 Å². The normalized spacial score (nSPS) is 32.5. The van der Waals surface area contributed by atoms with Gasteiger partial charge in [0.2, 0.25) is 0 Å². The zero-order chi connectivity index (χ0) is 8.48. The molecule has 0 aromatic rings. The molecule has 0 amide bonds. The average molecular weight is 159 g/mol. The number of aliphatic hydroxyl groups excluding tert-OH is 1. The molecule has 64 valence electrons. The quantitative estimate of drug-likeness (QED) is 0.571. The van der Waals surface area contributed by atoms with Gasteiger partial charge in [0.1, 0.15) is 5.54 Å². The third kappa shape index (κ3) is 1.12. The van der Waals surface area contributed by atoms with Gasteiger partial charge in [-0.1, -0.05) is 0 Å². The van der Waals surface area contributed by atoms with E-state index in [9.17, 15) is 4.79 Å². The molecule has 1 heterocycles. The highest BCUT2D eigenvalue weighted by atomic mass is 16.4. The zero-order valence-corrected chi connectivity index (χ0v) is 6.58. The second-order valence-electron chi connectivity index (χ2n) is 3.02. The van der Waals surface area contributed by atoms with Gasteiger partial charge in [-0.2, -0.15) is 0 Å². The Morgan fingerprint density at radius 1 is 1.73 bits per heavy atom. The summed E-state index contributed by atoms with van der Waals surface area (Å²) in [5.41, 5.74) is -1.00. The Labute approximate surface area is 65.4 Å². The van der Waals surface area contributed by atoms with Crippen molar-refractivity contribution < 1.29 is 15.0 Å². The number of rotatable bonds is 2. The number of carboxylic acids is 1. The standard InChI is InChI=1S/C7H13NO3/c1-8-4-2-3-7(8,5-9)6(10)11/h9H,2-5H2,1H3,(H,10,11). The van der Waals surface area contributed by atoms with E-state index in [-0.39, 0.29) is 6.61 Å². The van der Waals surface area contributed by atoms with Gasteiger partial charge in [0, 0.05) is 0 Å². The van der Waals surface area contributed by atoms with Gasteiger partial charge in [-0.3, -0.25) is 9.69 Å². The Morgan fingerprint density at radius 3 is 2.55 bits per heavy atom. The summed E-state index contributed by atoms with van der Waals surface area (Å²) in [6, 6.07) is 0. The highest BCUT2D eigenvalue weighted by Gasteiger charge is 2.45. The van der Waals surface area contributed by atoms with Gasteiger partial charge in [-0.05, 0) is 26.4 Å². The van der Waals surface area contributed by atoms with Gasteiger partial charge in [0.05, 0.1) is 6.61 Å². The lowest BCUT2D eigenvalue weighted by atomic mass is 9.98. The maximum absolute atomic E-state index is 10.8. The Hall–Kier alpha value is -0.610. The predicted molar refractivity (Wildman–Crippen MR) is 39.3 cm³/mol. The van der Waals surface area contributed by atoms with Gasteiger partial charge < -0.3 is 10.2 Å². The fourth-order valence-electron chi connectivity index (χ4n) is 1.55. The molecule has 1 rings (SSSR count). The fraction of sp³-hybridized carbons (Fsp3) is 0.857. The number of nitrogens with zero attached hydrogens (tertiary/aromatic N) is 1. The van der Waals surface area contributed by atoms with Crippen LogP contribution >= 0.6 is 0 Å². The maximum Gasteiger partial charge on any atom is 0.326 e. The van der Waals surface area contributed by atoms with E-state index < -0.39 is 11.5 Å². The lowest BCUT2D eigenvalue weighted by Crippen LogP contribution is -2.51. The summed E-state index contributed by atoms with van der Waals surface area (Å²) in [6.07, 6.45) is 1.40. The molecule has 1 fully saturated rings.